The number of aryl methyl sites for hydroxylation is 1. The average molecular weight is 340 g/mol. The largest absolute Gasteiger partial charge is 0.370 e. The molecule has 0 aliphatic carbocycles. The smallest absolute Gasteiger partial charge is 0.0509 e. The summed E-state index contributed by atoms with van der Waals surface area (Å²) in [7, 11) is 2.07. The van der Waals surface area contributed by atoms with E-state index < -0.39 is 0 Å². The molecule has 0 aliphatic heterocycles. The van der Waals surface area contributed by atoms with E-state index in [0.717, 1.165) is 28.0 Å². The molecule has 19 heavy (non-hydrogen) atoms. The molecule has 0 fully saturated rings. The number of hydrogen-bond donors (Lipinski definition) is 0. The second-order valence-corrected chi connectivity index (χ2v) is 5.66. The molecule has 0 amide bonds. The highest BCUT2D eigenvalue weighted by Crippen LogP contribution is 2.25. The summed E-state index contributed by atoms with van der Waals surface area (Å²) in [6.45, 7) is 2.82. The van der Waals surface area contributed by atoms with Crippen molar-refractivity contribution in [1.29, 1.82) is 0 Å². The lowest BCUT2D eigenvalue weighted by molar-refractivity contribution is 0.905. The van der Waals surface area contributed by atoms with E-state index in [-0.39, 0.29) is 0 Å². The Kier molecular flexibility index (Phi) is 4.83. The third kappa shape index (κ3) is 3.48. The second kappa shape index (κ2) is 6.40. The minimum Gasteiger partial charge on any atom is -0.370 e. The minimum atomic E-state index is 0.475. The number of benzene rings is 1. The highest BCUT2D eigenvalue weighted by atomic mass is 79.9. The molecule has 2 nitrogen and oxygen atoms in total. The van der Waals surface area contributed by atoms with Crippen molar-refractivity contribution < 1.29 is 0 Å². The summed E-state index contributed by atoms with van der Waals surface area (Å²) in [5, 5.41) is 0. The summed E-state index contributed by atoms with van der Waals surface area (Å²) in [4.78, 5) is 6.50. The SMILES string of the molecule is Cc1cc(N(C)Cc2ccccc2Br)c(CCl)cn1. The number of nitrogens with zero attached hydrogens (tertiary/aromatic N) is 2. The summed E-state index contributed by atoms with van der Waals surface area (Å²) in [5.41, 5.74) is 4.45. The van der Waals surface area contributed by atoms with Crippen molar-refractivity contribution in [3.05, 3.63) is 57.8 Å². The highest BCUT2D eigenvalue weighted by molar-refractivity contribution is 9.10. The molecule has 0 N–H and O–H groups in total. The van der Waals surface area contributed by atoms with Crippen molar-refractivity contribution in [3.63, 3.8) is 0 Å². The van der Waals surface area contributed by atoms with Crippen LogP contribution < -0.4 is 4.90 Å². The molecule has 0 saturated heterocycles. The molecule has 0 atom stereocenters. The van der Waals surface area contributed by atoms with E-state index in [1.807, 2.05) is 25.3 Å². The van der Waals surface area contributed by atoms with Crippen LogP contribution in [0.1, 0.15) is 16.8 Å². The lowest BCUT2D eigenvalue weighted by atomic mass is 10.1. The fourth-order valence-electron chi connectivity index (χ4n) is 2.00. The molecule has 0 unspecified atom stereocenters. The highest BCUT2D eigenvalue weighted by Gasteiger charge is 2.10. The van der Waals surface area contributed by atoms with Crippen LogP contribution in [0, 0.1) is 6.92 Å². The lowest BCUT2D eigenvalue weighted by Gasteiger charge is -2.22. The maximum Gasteiger partial charge on any atom is 0.0509 e. The van der Waals surface area contributed by atoms with Crippen LogP contribution in [0.2, 0.25) is 0 Å². The van der Waals surface area contributed by atoms with E-state index in [2.05, 4.69) is 51.1 Å². The predicted molar refractivity (Wildman–Crippen MR) is 84.8 cm³/mol. The summed E-state index contributed by atoms with van der Waals surface area (Å²) in [5.74, 6) is 0.475. The van der Waals surface area contributed by atoms with Crippen LogP contribution in [0.5, 0.6) is 0 Å². The van der Waals surface area contributed by atoms with Crippen LogP contribution in [0.4, 0.5) is 5.69 Å². The third-order valence-corrected chi connectivity index (χ3v) is 4.08. The van der Waals surface area contributed by atoms with Crippen LogP contribution in [0.15, 0.2) is 41.0 Å². The van der Waals surface area contributed by atoms with Gasteiger partial charge in [0.2, 0.25) is 0 Å². The number of rotatable bonds is 4. The van der Waals surface area contributed by atoms with Crippen molar-refractivity contribution in [3.8, 4) is 0 Å². The Morgan fingerprint density at radius 1 is 1.26 bits per heavy atom. The molecule has 0 spiro atoms. The molecule has 0 bridgehead atoms. The van der Waals surface area contributed by atoms with E-state index in [0.29, 0.717) is 5.88 Å². The van der Waals surface area contributed by atoms with Crippen molar-refractivity contribution in [1.82, 2.24) is 4.98 Å². The van der Waals surface area contributed by atoms with Gasteiger partial charge in [0.25, 0.3) is 0 Å². The van der Waals surface area contributed by atoms with Gasteiger partial charge in [-0.2, -0.15) is 0 Å². The van der Waals surface area contributed by atoms with Gasteiger partial charge in [0.05, 0.1) is 5.88 Å². The van der Waals surface area contributed by atoms with Gasteiger partial charge in [0, 0.05) is 41.2 Å². The van der Waals surface area contributed by atoms with Crippen molar-refractivity contribution in [2.24, 2.45) is 0 Å². The number of halogens is 2. The normalized spacial score (nSPS) is 10.5. The third-order valence-electron chi connectivity index (χ3n) is 3.02. The van der Waals surface area contributed by atoms with Gasteiger partial charge in [-0.15, -0.1) is 11.6 Å². The first kappa shape index (κ1) is 14.4. The van der Waals surface area contributed by atoms with Crippen LogP contribution in [0.25, 0.3) is 0 Å². The summed E-state index contributed by atoms with van der Waals surface area (Å²) in [6, 6.07) is 10.3. The van der Waals surface area contributed by atoms with Crippen LogP contribution in [0.3, 0.4) is 0 Å². The number of alkyl halides is 1. The van der Waals surface area contributed by atoms with Crippen molar-refractivity contribution >= 4 is 33.2 Å². The van der Waals surface area contributed by atoms with Crippen molar-refractivity contribution in [2.75, 3.05) is 11.9 Å². The molecule has 0 saturated carbocycles. The Balaban J connectivity index is 2.27. The molecule has 2 aromatic rings. The predicted octanol–water partition coefficient (Wildman–Crippen LogP) is 4.53. The summed E-state index contributed by atoms with van der Waals surface area (Å²) in [6.07, 6.45) is 1.86. The first-order valence-corrected chi connectivity index (χ1v) is 7.40. The monoisotopic (exact) mass is 338 g/mol. The molecule has 1 heterocycles. The molecule has 2 rings (SSSR count). The number of anilines is 1. The fourth-order valence-corrected chi connectivity index (χ4v) is 2.62. The molecular formula is C15H16BrClN2. The van der Waals surface area contributed by atoms with Gasteiger partial charge in [-0.3, -0.25) is 4.98 Å². The molecule has 1 aromatic heterocycles. The zero-order valence-corrected chi connectivity index (χ0v) is 13.4. The average Bonchev–Trinajstić information content (AvgIpc) is 2.41. The number of pyridine rings is 1. The van der Waals surface area contributed by atoms with E-state index in [1.165, 1.54) is 5.56 Å². The quantitative estimate of drug-likeness (QED) is 0.761. The molecule has 4 heteroatoms. The minimum absolute atomic E-state index is 0.475. The molecule has 0 radical (unpaired) electrons. The standard InChI is InChI=1S/C15H16BrClN2/c1-11-7-15(13(8-17)9-18-11)19(2)10-12-5-3-4-6-14(12)16/h3-7,9H,8,10H2,1-2H3. The van der Waals surface area contributed by atoms with Gasteiger partial charge in [-0.25, -0.2) is 0 Å². The van der Waals surface area contributed by atoms with E-state index in [4.69, 9.17) is 11.6 Å². The Morgan fingerprint density at radius 2 is 2.00 bits per heavy atom. The van der Waals surface area contributed by atoms with Gasteiger partial charge in [-0.1, -0.05) is 34.1 Å². The Bertz CT molecular complexity index is 572. The maximum atomic E-state index is 5.99. The van der Waals surface area contributed by atoms with Crippen LogP contribution in [-0.4, -0.2) is 12.0 Å². The first-order chi connectivity index (χ1) is 9.11. The van der Waals surface area contributed by atoms with Crippen molar-refractivity contribution in [2.45, 2.75) is 19.3 Å². The molecule has 1 aromatic carbocycles. The van der Waals surface area contributed by atoms with Gasteiger partial charge in [-0.05, 0) is 24.6 Å². The zero-order chi connectivity index (χ0) is 13.8. The van der Waals surface area contributed by atoms with Gasteiger partial charge in [0.15, 0.2) is 0 Å². The number of aromatic nitrogens is 1. The number of hydrogen-bond acceptors (Lipinski definition) is 2. The maximum absolute atomic E-state index is 5.99. The summed E-state index contributed by atoms with van der Waals surface area (Å²) < 4.78 is 1.13. The fraction of sp³-hybridized carbons (Fsp3) is 0.267. The molecule has 100 valence electrons. The van der Waals surface area contributed by atoms with Gasteiger partial charge < -0.3 is 4.90 Å². The molecular weight excluding hydrogens is 324 g/mol. The van der Waals surface area contributed by atoms with Crippen LogP contribution in [-0.2, 0) is 12.4 Å². The lowest BCUT2D eigenvalue weighted by Crippen LogP contribution is -2.18. The van der Waals surface area contributed by atoms with E-state index in [9.17, 15) is 0 Å². The van der Waals surface area contributed by atoms with Gasteiger partial charge in [0.1, 0.15) is 0 Å². The zero-order valence-electron chi connectivity index (χ0n) is 11.0. The van der Waals surface area contributed by atoms with E-state index >= 15 is 0 Å². The van der Waals surface area contributed by atoms with Gasteiger partial charge >= 0.3 is 0 Å². The molecule has 0 aliphatic rings. The topological polar surface area (TPSA) is 16.1 Å². The Morgan fingerprint density at radius 3 is 2.68 bits per heavy atom. The first-order valence-electron chi connectivity index (χ1n) is 6.08. The Hall–Kier alpha value is -1.06. The van der Waals surface area contributed by atoms with Crippen LogP contribution >= 0.6 is 27.5 Å². The second-order valence-electron chi connectivity index (χ2n) is 4.54. The Labute approximate surface area is 127 Å². The van der Waals surface area contributed by atoms with E-state index in [1.54, 1.807) is 0 Å². The summed E-state index contributed by atoms with van der Waals surface area (Å²) >= 11 is 9.57.